The third-order valence-electron chi connectivity index (χ3n) is 4.06. The topological polar surface area (TPSA) is 44.3 Å². The number of ether oxygens (including phenoxy) is 1. The van der Waals surface area contributed by atoms with Crippen molar-refractivity contribution in [1.29, 1.82) is 0 Å². The summed E-state index contributed by atoms with van der Waals surface area (Å²) in [6.45, 7) is 0.886. The van der Waals surface area contributed by atoms with Gasteiger partial charge in [0.05, 0.1) is 12.8 Å². The lowest BCUT2D eigenvalue weighted by molar-refractivity contribution is -0.263. The molecule has 4 rings (SSSR count). The van der Waals surface area contributed by atoms with Crippen LogP contribution in [0.4, 0.5) is 5.69 Å². The molecule has 0 amide bonds. The molecule has 100 valence electrons. The van der Waals surface area contributed by atoms with Crippen molar-refractivity contribution >= 4 is 27.2 Å². The molecule has 1 aliphatic heterocycles. The fourth-order valence-electron chi connectivity index (χ4n) is 3.15. The van der Waals surface area contributed by atoms with Crippen molar-refractivity contribution in [2.75, 3.05) is 19.0 Å². The molecule has 0 atom stereocenters. The lowest BCUT2D eigenvalue weighted by Crippen LogP contribution is -2.13. The highest BCUT2D eigenvalue weighted by Gasteiger charge is 2.17. The fraction of sp³-hybridized carbons (Fsp3) is 0.176. The van der Waals surface area contributed by atoms with E-state index >= 15 is 0 Å². The van der Waals surface area contributed by atoms with Gasteiger partial charge >= 0.3 is 0 Å². The molecule has 1 heterocycles. The standard InChI is InChI=1S/C17H15NO2/c1-20-11-8-10-6-7-18-16-12-4-2-3-5-13(12)17(19)14(9-11)15(10)16/h2-5,8-9,18-19H,6-7H2,1H3/p-1. The van der Waals surface area contributed by atoms with Crippen LogP contribution in [-0.4, -0.2) is 13.7 Å². The van der Waals surface area contributed by atoms with Crippen LogP contribution in [0.25, 0.3) is 21.5 Å². The Kier molecular flexibility index (Phi) is 2.30. The smallest absolute Gasteiger partial charge is 0.119 e. The normalized spacial score (nSPS) is 13.4. The SMILES string of the molecule is COc1cc2c3c(c4ccccc4c([O-])c3c1)NCC2. The summed E-state index contributed by atoms with van der Waals surface area (Å²) in [4.78, 5) is 0. The van der Waals surface area contributed by atoms with E-state index in [-0.39, 0.29) is 5.75 Å². The van der Waals surface area contributed by atoms with Gasteiger partial charge in [-0.1, -0.05) is 30.0 Å². The van der Waals surface area contributed by atoms with Gasteiger partial charge in [0.25, 0.3) is 0 Å². The van der Waals surface area contributed by atoms with Gasteiger partial charge < -0.3 is 15.2 Å². The fourth-order valence-corrected chi connectivity index (χ4v) is 3.15. The molecule has 0 bridgehead atoms. The lowest BCUT2D eigenvalue weighted by Gasteiger charge is -2.26. The molecule has 0 saturated carbocycles. The van der Waals surface area contributed by atoms with Crippen LogP contribution in [0, 0.1) is 0 Å². The van der Waals surface area contributed by atoms with Crippen LogP contribution in [0.1, 0.15) is 5.56 Å². The van der Waals surface area contributed by atoms with E-state index in [0.717, 1.165) is 45.9 Å². The van der Waals surface area contributed by atoms with Crippen LogP contribution < -0.4 is 15.2 Å². The van der Waals surface area contributed by atoms with Crippen LogP contribution in [0.15, 0.2) is 36.4 Å². The number of anilines is 1. The van der Waals surface area contributed by atoms with E-state index in [9.17, 15) is 5.11 Å². The molecule has 0 fully saturated rings. The molecule has 3 aromatic carbocycles. The molecule has 0 unspecified atom stereocenters. The minimum atomic E-state index is 0.0863. The first-order valence-corrected chi connectivity index (χ1v) is 6.76. The second-order valence-electron chi connectivity index (χ2n) is 5.14. The summed E-state index contributed by atoms with van der Waals surface area (Å²) in [7, 11) is 1.64. The Morgan fingerprint density at radius 1 is 1.10 bits per heavy atom. The predicted octanol–water partition coefficient (Wildman–Crippen LogP) is 3.04. The zero-order chi connectivity index (χ0) is 13.7. The average molecular weight is 264 g/mol. The number of nitrogens with one attached hydrogen (secondary N) is 1. The minimum Gasteiger partial charge on any atom is -0.872 e. The highest BCUT2D eigenvalue weighted by atomic mass is 16.5. The number of methoxy groups -OCH3 is 1. The monoisotopic (exact) mass is 264 g/mol. The van der Waals surface area contributed by atoms with Gasteiger partial charge in [0.2, 0.25) is 0 Å². The summed E-state index contributed by atoms with van der Waals surface area (Å²) in [6.07, 6.45) is 0.915. The minimum absolute atomic E-state index is 0.0863. The van der Waals surface area contributed by atoms with Gasteiger partial charge in [-0.3, -0.25) is 0 Å². The predicted molar refractivity (Wildman–Crippen MR) is 79.6 cm³/mol. The lowest BCUT2D eigenvalue weighted by atomic mass is 9.92. The summed E-state index contributed by atoms with van der Waals surface area (Å²) in [5.74, 6) is 0.843. The molecule has 1 N–H and O–H groups in total. The van der Waals surface area contributed by atoms with E-state index in [1.807, 2.05) is 36.4 Å². The Morgan fingerprint density at radius 3 is 2.70 bits per heavy atom. The molecule has 20 heavy (non-hydrogen) atoms. The second-order valence-corrected chi connectivity index (χ2v) is 5.14. The van der Waals surface area contributed by atoms with Crippen molar-refractivity contribution in [3.63, 3.8) is 0 Å². The third-order valence-corrected chi connectivity index (χ3v) is 4.06. The van der Waals surface area contributed by atoms with Gasteiger partial charge in [0.15, 0.2) is 0 Å². The van der Waals surface area contributed by atoms with E-state index in [1.165, 1.54) is 5.56 Å². The first kappa shape index (κ1) is 11.4. The maximum Gasteiger partial charge on any atom is 0.119 e. The zero-order valence-electron chi connectivity index (χ0n) is 11.2. The molecule has 0 radical (unpaired) electrons. The summed E-state index contributed by atoms with van der Waals surface area (Å²) in [5.41, 5.74) is 2.27. The maximum atomic E-state index is 12.7. The van der Waals surface area contributed by atoms with Crippen LogP contribution in [0.5, 0.6) is 11.5 Å². The van der Waals surface area contributed by atoms with Gasteiger partial charge in [-0.05, 0) is 34.9 Å². The van der Waals surface area contributed by atoms with E-state index < -0.39 is 0 Å². The van der Waals surface area contributed by atoms with Gasteiger partial charge in [0.1, 0.15) is 5.75 Å². The molecule has 1 aliphatic rings. The number of hydrogen-bond acceptors (Lipinski definition) is 3. The first-order valence-electron chi connectivity index (χ1n) is 6.76. The van der Waals surface area contributed by atoms with E-state index in [0.29, 0.717) is 0 Å². The number of fused-ring (bicyclic) bond motifs is 2. The molecular weight excluding hydrogens is 250 g/mol. The Morgan fingerprint density at radius 2 is 1.90 bits per heavy atom. The molecule has 0 aromatic heterocycles. The van der Waals surface area contributed by atoms with E-state index in [4.69, 9.17) is 4.74 Å². The quantitative estimate of drug-likeness (QED) is 0.687. The highest BCUT2D eigenvalue weighted by molar-refractivity contribution is 6.17. The van der Waals surface area contributed by atoms with Crippen molar-refractivity contribution in [2.24, 2.45) is 0 Å². The van der Waals surface area contributed by atoms with Crippen molar-refractivity contribution in [3.05, 3.63) is 42.0 Å². The molecule has 3 heteroatoms. The molecule has 3 nitrogen and oxygen atoms in total. The number of benzene rings is 3. The Hall–Kier alpha value is -2.42. The summed E-state index contributed by atoms with van der Waals surface area (Å²) in [6, 6.07) is 11.7. The molecular formula is C17H14NO2-. The van der Waals surface area contributed by atoms with Gasteiger partial charge in [-0.25, -0.2) is 0 Å². The molecule has 0 saturated heterocycles. The van der Waals surface area contributed by atoms with Crippen molar-refractivity contribution in [1.82, 2.24) is 0 Å². The molecule has 3 aromatic rings. The van der Waals surface area contributed by atoms with Crippen LogP contribution in [-0.2, 0) is 6.42 Å². The van der Waals surface area contributed by atoms with Crippen molar-refractivity contribution < 1.29 is 9.84 Å². The van der Waals surface area contributed by atoms with Crippen molar-refractivity contribution in [3.8, 4) is 11.5 Å². The zero-order valence-corrected chi connectivity index (χ0v) is 11.2. The van der Waals surface area contributed by atoms with Crippen molar-refractivity contribution in [2.45, 2.75) is 6.42 Å². The van der Waals surface area contributed by atoms with E-state index in [2.05, 4.69) is 5.32 Å². The summed E-state index contributed by atoms with van der Waals surface area (Å²) < 4.78 is 5.34. The average Bonchev–Trinajstić information content (AvgIpc) is 2.51. The number of rotatable bonds is 1. The van der Waals surface area contributed by atoms with Gasteiger partial charge in [0, 0.05) is 17.3 Å². The van der Waals surface area contributed by atoms with E-state index in [1.54, 1.807) is 7.11 Å². The largest absolute Gasteiger partial charge is 0.872 e. The summed E-state index contributed by atoms with van der Waals surface area (Å²) in [5, 5.41) is 19.8. The Labute approximate surface area is 116 Å². The Balaban J connectivity index is 2.27. The van der Waals surface area contributed by atoms with Crippen LogP contribution in [0.3, 0.4) is 0 Å². The second kappa shape index (κ2) is 4.04. The first-order chi connectivity index (χ1) is 9.79. The Bertz CT molecular complexity index is 839. The van der Waals surface area contributed by atoms with Gasteiger partial charge in [-0.15, -0.1) is 0 Å². The third kappa shape index (κ3) is 1.40. The van der Waals surface area contributed by atoms with Gasteiger partial charge in [-0.2, -0.15) is 0 Å². The maximum absolute atomic E-state index is 12.7. The number of hydrogen-bond donors (Lipinski definition) is 1. The molecule has 0 spiro atoms. The van der Waals surface area contributed by atoms with Crippen LogP contribution in [0.2, 0.25) is 0 Å². The molecule has 0 aliphatic carbocycles. The van der Waals surface area contributed by atoms with Crippen LogP contribution >= 0.6 is 0 Å². The summed E-state index contributed by atoms with van der Waals surface area (Å²) >= 11 is 0. The highest BCUT2D eigenvalue weighted by Crippen LogP contribution is 2.43.